The van der Waals surface area contributed by atoms with E-state index in [0.717, 1.165) is 29.0 Å². The molecule has 6 rings (SSSR count). The lowest BCUT2D eigenvalue weighted by Gasteiger charge is -2.33. The SMILES string of the molecule is CC(C)(C)C1CCc2c(sc(NC(=O)/C=C/c3cn(-c4ccccc4)nc3-c3ccc(F)cc3)c2C(=O)NC2CCS(=O)(=O)C2)C1. The molecule has 2 N–H and O–H groups in total. The molecule has 3 heterocycles. The van der Waals surface area contributed by atoms with Gasteiger partial charge in [0.25, 0.3) is 5.91 Å². The van der Waals surface area contributed by atoms with E-state index in [2.05, 4.69) is 31.4 Å². The Labute approximate surface area is 272 Å². The quantitative estimate of drug-likeness (QED) is 0.221. The maximum Gasteiger partial charge on any atom is 0.254 e. The average molecular weight is 661 g/mol. The Bertz CT molecular complexity index is 1910. The monoisotopic (exact) mass is 660 g/mol. The molecule has 2 aromatic heterocycles. The topological polar surface area (TPSA) is 110 Å². The minimum absolute atomic E-state index is 0.0576. The Morgan fingerprint density at radius 2 is 1.80 bits per heavy atom. The summed E-state index contributed by atoms with van der Waals surface area (Å²) in [5.74, 6) is -0.707. The number of carbonyl (C=O) groups is 2. The van der Waals surface area contributed by atoms with Crippen molar-refractivity contribution in [2.45, 2.75) is 52.5 Å². The molecular formula is C35H37FN4O4S2. The Hall–Kier alpha value is -4.09. The first-order valence-corrected chi connectivity index (χ1v) is 18.1. The average Bonchev–Trinajstić information content (AvgIpc) is 3.70. The van der Waals surface area contributed by atoms with Crippen LogP contribution in [-0.2, 0) is 27.5 Å². The van der Waals surface area contributed by atoms with E-state index in [9.17, 15) is 22.4 Å². The summed E-state index contributed by atoms with van der Waals surface area (Å²) >= 11 is 1.42. The zero-order chi connectivity index (χ0) is 32.6. The molecule has 2 aliphatic rings. The molecule has 0 radical (unpaired) electrons. The molecule has 1 aliphatic carbocycles. The molecule has 1 saturated heterocycles. The minimum Gasteiger partial charge on any atom is -0.348 e. The molecular weight excluding hydrogens is 624 g/mol. The Morgan fingerprint density at radius 3 is 2.48 bits per heavy atom. The summed E-state index contributed by atoms with van der Waals surface area (Å²) in [7, 11) is -3.17. The van der Waals surface area contributed by atoms with Crippen LogP contribution in [0.4, 0.5) is 9.39 Å². The number of carbonyl (C=O) groups excluding carboxylic acids is 2. The first-order chi connectivity index (χ1) is 21.9. The smallest absolute Gasteiger partial charge is 0.254 e. The van der Waals surface area contributed by atoms with Crippen LogP contribution in [0.2, 0.25) is 0 Å². The van der Waals surface area contributed by atoms with Crippen molar-refractivity contribution in [1.82, 2.24) is 15.1 Å². The largest absolute Gasteiger partial charge is 0.348 e. The van der Waals surface area contributed by atoms with Crippen molar-refractivity contribution in [2.75, 3.05) is 16.8 Å². The van der Waals surface area contributed by atoms with Crippen molar-refractivity contribution in [2.24, 2.45) is 11.3 Å². The predicted molar refractivity (Wildman–Crippen MR) is 180 cm³/mol. The molecule has 11 heteroatoms. The van der Waals surface area contributed by atoms with Crippen LogP contribution in [0.5, 0.6) is 0 Å². The van der Waals surface area contributed by atoms with Crippen LogP contribution in [-0.4, -0.2) is 47.6 Å². The number of rotatable bonds is 7. The molecule has 240 valence electrons. The molecule has 46 heavy (non-hydrogen) atoms. The third-order valence-corrected chi connectivity index (χ3v) is 11.8. The highest BCUT2D eigenvalue weighted by atomic mass is 32.2. The van der Waals surface area contributed by atoms with Crippen LogP contribution in [0, 0.1) is 17.2 Å². The number of sulfone groups is 1. The van der Waals surface area contributed by atoms with Gasteiger partial charge in [-0.05, 0) is 85.1 Å². The third kappa shape index (κ3) is 7.00. The van der Waals surface area contributed by atoms with E-state index < -0.39 is 21.8 Å². The molecule has 0 bridgehead atoms. The van der Waals surface area contributed by atoms with Crippen molar-refractivity contribution < 1.29 is 22.4 Å². The van der Waals surface area contributed by atoms with Crippen LogP contribution < -0.4 is 10.6 Å². The minimum atomic E-state index is -3.17. The van der Waals surface area contributed by atoms with Crippen molar-refractivity contribution in [3.05, 3.63) is 94.3 Å². The number of aromatic nitrogens is 2. The molecule has 8 nitrogen and oxygen atoms in total. The van der Waals surface area contributed by atoms with Gasteiger partial charge in [0.05, 0.1) is 28.5 Å². The van der Waals surface area contributed by atoms with E-state index in [1.54, 1.807) is 22.9 Å². The van der Waals surface area contributed by atoms with Gasteiger partial charge in [-0.3, -0.25) is 9.59 Å². The Kier molecular flexibility index (Phi) is 8.73. The van der Waals surface area contributed by atoms with Crippen molar-refractivity contribution in [3.8, 4) is 16.9 Å². The van der Waals surface area contributed by atoms with Crippen molar-refractivity contribution >= 4 is 44.1 Å². The highest BCUT2D eigenvalue weighted by Crippen LogP contribution is 2.44. The number of benzene rings is 2. The second-order valence-corrected chi connectivity index (χ2v) is 16.5. The van der Waals surface area contributed by atoms with E-state index in [4.69, 9.17) is 5.10 Å². The highest BCUT2D eigenvalue weighted by molar-refractivity contribution is 7.91. The van der Waals surface area contributed by atoms with Gasteiger partial charge in [-0.25, -0.2) is 17.5 Å². The number of hydrogen-bond donors (Lipinski definition) is 2. The van der Waals surface area contributed by atoms with Crippen molar-refractivity contribution in [3.63, 3.8) is 0 Å². The molecule has 1 aliphatic heterocycles. The number of para-hydroxylation sites is 1. The van der Waals surface area contributed by atoms with Gasteiger partial charge in [0.1, 0.15) is 10.8 Å². The fourth-order valence-corrected chi connectivity index (χ4v) is 9.19. The molecule has 0 saturated carbocycles. The Balaban J connectivity index is 1.29. The standard InChI is InChI=1S/C35H37FN4O4S2/c1-35(2,3)24-12-15-28-29(19-24)45-34(31(28)33(42)37-26-17-18-46(43,44)21-26)38-30(41)16-11-23-20-40(27-7-5-4-6-8-27)39-32(23)22-9-13-25(36)14-10-22/h4-11,13-14,16,20,24,26H,12,15,17-19,21H2,1-3H3,(H,37,42)(H,38,41)/b16-11+. The van der Waals surface area contributed by atoms with Gasteiger partial charge >= 0.3 is 0 Å². The second kappa shape index (κ2) is 12.6. The molecule has 1 fully saturated rings. The van der Waals surface area contributed by atoms with Crippen LogP contribution in [0.1, 0.15) is 60.0 Å². The number of nitrogens with zero attached hydrogens (tertiary/aromatic N) is 2. The molecule has 0 spiro atoms. The van der Waals surface area contributed by atoms with Crippen LogP contribution in [0.3, 0.4) is 0 Å². The first-order valence-electron chi connectivity index (χ1n) is 15.4. The number of amides is 2. The number of fused-ring (bicyclic) bond motifs is 1. The third-order valence-electron chi connectivity index (χ3n) is 8.82. The zero-order valence-electron chi connectivity index (χ0n) is 26.0. The summed E-state index contributed by atoms with van der Waals surface area (Å²) in [6, 6.07) is 15.1. The fourth-order valence-electron chi connectivity index (χ4n) is 6.19. The van der Waals surface area contributed by atoms with E-state index in [1.807, 2.05) is 36.5 Å². The summed E-state index contributed by atoms with van der Waals surface area (Å²) in [6.07, 6.45) is 7.70. The van der Waals surface area contributed by atoms with Gasteiger partial charge in [0.2, 0.25) is 5.91 Å². The van der Waals surface area contributed by atoms with Gasteiger partial charge in [-0.15, -0.1) is 11.3 Å². The summed E-state index contributed by atoms with van der Waals surface area (Å²) in [5.41, 5.74) is 4.24. The number of nitrogens with one attached hydrogen (secondary N) is 2. The van der Waals surface area contributed by atoms with Gasteiger partial charge in [-0.1, -0.05) is 39.0 Å². The number of hydrogen-bond acceptors (Lipinski definition) is 6. The van der Waals surface area contributed by atoms with E-state index in [-0.39, 0.29) is 28.6 Å². The van der Waals surface area contributed by atoms with E-state index >= 15 is 0 Å². The van der Waals surface area contributed by atoms with E-state index in [1.165, 1.54) is 29.5 Å². The fraction of sp³-hybridized carbons (Fsp3) is 0.343. The van der Waals surface area contributed by atoms with Gasteiger partial charge in [0, 0.05) is 34.3 Å². The van der Waals surface area contributed by atoms with Crippen LogP contribution >= 0.6 is 11.3 Å². The maximum absolute atomic E-state index is 13.7. The lowest BCUT2D eigenvalue weighted by Crippen LogP contribution is -2.36. The molecule has 4 aromatic rings. The second-order valence-electron chi connectivity index (χ2n) is 13.1. The highest BCUT2D eigenvalue weighted by Gasteiger charge is 2.36. The molecule has 2 unspecified atom stereocenters. The van der Waals surface area contributed by atoms with Crippen LogP contribution in [0.25, 0.3) is 23.0 Å². The molecule has 2 atom stereocenters. The maximum atomic E-state index is 13.7. The normalized spacial score (nSPS) is 19.2. The summed E-state index contributed by atoms with van der Waals surface area (Å²) < 4.78 is 39.5. The van der Waals surface area contributed by atoms with Gasteiger partial charge in [0.15, 0.2) is 9.84 Å². The number of thiophene rings is 1. The predicted octanol–water partition coefficient (Wildman–Crippen LogP) is 6.46. The first kappa shape index (κ1) is 31.9. The van der Waals surface area contributed by atoms with Crippen LogP contribution in [0.15, 0.2) is 66.9 Å². The van der Waals surface area contributed by atoms with Crippen molar-refractivity contribution in [1.29, 1.82) is 0 Å². The van der Waals surface area contributed by atoms with E-state index in [0.29, 0.717) is 46.1 Å². The zero-order valence-corrected chi connectivity index (χ0v) is 27.7. The molecule has 2 amide bonds. The lowest BCUT2D eigenvalue weighted by atomic mass is 9.72. The summed E-state index contributed by atoms with van der Waals surface area (Å²) in [5, 5.41) is 11.1. The summed E-state index contributed by atoms with van der Waals surface area (Å²) in [6.45, 7) is 6.66. The molecule has 2 aromatic carbocycles. The summed E-state index contributed by atoms with van der Waals surface area (Å²) in [4.78, 5) is 28.2. The number of anilines is 1. The number of halogens is 1. The van der Waals surface area contributed by atoms with Gasteiger partial charge < -0.3 is 10.6 Å². The lowest BCUT2D eigenvalue weighted by molar-refractivity contribution is -0.111. The Morgan fingerprint density at radius 1 is 1.07 bits per heavy atom. The van der Waals surface area contributed by atoms with Gasteiger partial charge in [-0.2, -0.15) is 5.10 Å².